The minimum absolute atomic E-state index is 0.150. The molecule has 1 amide bonds. The van der Waals surface area contributed by atoms with Gasteiger partial charge < -0.3 is 5.11 Å². The van der Waals surface area contributed by atoms with Gasteiger partial charge in [-0.3, -0.25) is 9.69 Å². The maximum Gasteiger partial charge on any atom is 0.259 e. The zero-order chi connectivity index (χ0) is 16.4. The number of aliphatic hydroxyl groups excluding tert-OH is 1. The van der Waals surface area contributed by atoms with E-state index in [1.54, 1.807) is 6.20 Å². The molecule has 5 heteroatoms. The fourth-order valence-corrected chi connectivity index (χ4v) is 2.47. The van der Waals surface area contributed by atoms with Crippen LogP contribution in [-0.4, -0.2) is 11.0 Å². The van der Waals surface area contributed by atoms with Crippen LogP contribution in [0.4, 0.5) is 14.5 Å². The predicted octanol–water partition coefficient (Wildman–Crippen LogP) is 3.71. The van der Waals surface area contributed by atoms with E-state index in [0.29, 0.717) is 29.7 Å². The van der Waals surface area contributed by atoms with E-state index in [2.05, 4.69) is 0 Å². The zero-order valence-electron chi connectivity index (χ0n) is 12.2. The van der Waals surface area contributed by atoms with Gasteiger partial charge in [-0.15, -0.1) is 0 Å². The number of hydrogen-bond acceptors (Lipinski definition) is 2. The van der Waals surface area contributed by atoms with Crippen molar-refractivity contribution in [3.63, 3.8) is 0 Å². The monoisotopic (exact) mass is 315 g/mol. The number of halogens is 2. The van der Waals surface area contributed by atoms with Gasteiger partial charge in [-0.1, -0.05) is 12.1 Å². The van der Waals surface area contributed by atoms with Crippen molar-refractivity contribution in [2.75, 3.05) is 4.90 Å². The molecule has 1 N–H and O–H groups in total. The first-order chi connectivity index (χ1) is 11.0. The van der Waals surface area contributed by atoms with Crippen LogP contribution in [0.2, 0.25) is 0 Å². The number of carbonyl (C=O) groups excluding carboxylic acids is 1. The summed E-state index contributed by atoms with van der Waals surface area (Å²) in [5.74, 6) is -0.857. The second-order valence-electron chi connectivity index (χ2n) is 5.41. The molecule has 0 bridgehead atoms. The van der Waals surface area contributed by atoms with Crippen molar-refractivity contribution < 1.29 is 18.7 Å². The second kappa shape index (κ2) is 6.30. The Morgan fingerprint density at radius 1 is 0.957 bits per heavy atom. The molecular weight excluding hydrogens is 300 g/mol. The molecule has 0 fully saturated rings. The Labute approximate surface area is 132 Å². The van der Waals surface area contributed by atoms with Gasteiger partial charge in [-0.05, 0) is 54.8 Å². The molecule has 1 heterocycles. The molecule has 0 aromatic heterocycles. The molecule has 3 nitrogen and oxygen atoms in total. The van der Waals surface area contributed by atoms with E-state index in [1.165, 1.54) is 53.4 Å². The minimum atomic E-state index is -0.746. The number of hydrogen-bond donors (Lipinski definition) is 1. The SMILES string of the molecule is O=C1C(CCC(O)c2ccc(F)cc2)=CN1c1ccc(F)cc1. The highest BCUT2D eigenvalue weighted by molar-refractivity contribution is 6.13. The van der Waals surface area contributed by atoms with Crippen LogP contribution in [0.3, 0.4) is 0 Å². The van der Waals surface area contributed by atoms with Crippen LogP contribution in [0.15, 0.2) is 60.3 Å². The van der Waals surface area contributed by atoms with Crippen LogP contribution in [-0.2, 0) is 4.79 Å². The molecule has 3 rings (SSSR count). The maximum atomic E-state index is 12.9. The topological polar surface area (TPSA) is 40.5 Å². The number of carbonyl (C=O) groups is 1. The number of nitrogens with zero attached hydrogens (tertiary/aromatic N) is 1. The first-order valence-electron chi connectivity index (χ1n) is 7.28. The molecular formula is C18H15F2NO2. The van der Waals surface area contributed by atoms with E-state index in [4.69, 9.17) is 0 Å². The predicted molar refractivity (Wildman–Crippen MR) is 82.6 cm³/mol. The Morgan fingerprint density at radius 2 is 1.52 bits per heavy atom. The van der Waals surface area contributed by atoms with Crippen molar-refractivity contribution in [2.45, 2.75) is 18.9 Å². The molecule has 1 atom stereocenters. The normalized spacial score (nSPS) is 15.2. The van der Waals surface area contributed by atoms with Crippen LogP contribution in [0, 0.1) is 11.6 Å². The summed E-state index contributed by atoms with van der Waals surface area (Å²) in [6, 6.07) is 11.3. The van der Waals surface area contributed by atoms with Crippen molar-refractivity contribution in [1.82, 2.24) is 0 Å². The number of rotatable bonds is 5. The Bertz CT molecular complexity index is 739. The Balaban J connectivity index is 1.59. The van der Waals surface area contributed by atoms with E-state index >= 15 is 0 Å². The molecule has 1 aliphatic heterocycles. The highest BCUT2D eigenvalue weighted by atomic mass is 19.1. The third kappa shape index (κ3) is 3.29. The molecule has 0 radical (unpaired) electrons. The van der Waals surface area contributed by atoms with E-state index < -0.39 is 6.10 Å². The minimum Gasteiger partial charge on any atom is -0.388 e. The third-order valence-corrected chi connectivity index (χ3v) is 3.83. The van der Waals surface area contributed by atoms with Crippen molar-refractivity contribution in [2.24, 2.45) is 0 Å². The summed E-state index contributed by atoms with van der Waals surface area (Å²) < 4.78 is 25.7. The highest BCUT2D eigenvalue weighted by Crippen LogP contribution is 2.30. The fourth-order valence-electron chi connectivity index (χ4n) is 2.47. The van der Waals surface area contributed by atoms with Gasteiger partial charge in [-0.2, -0.15) is 0 Å². The molecule has 23 heavy (non-hydrogen) atoms. The van der Waals surface area contributed by atoms with Gasteiger partial charge in [0.25, 0.3) is 5.91 Å². The average Bonchev–Trinajstić information content (AvgIpc) is 2.55. The van der Waals surface area contributed by atoms with Gasteiger partial charge in [-0.25, -0.2) is 8.78 Å². The summed E-state index contributed by atoms with van der Waals surface area (Å²) in [4.78, 5) is 13.5. The lowest BCUT2D eigenvalue weighted by atomic mass is 9.98. The summed E-state index contributed by atoms with van der Waals surface area (Å²) in [7, 11) is 0. The molecule has 0 aliphatic carbocycles. The molecule has 1 aliphatic rings. The lowest BCUT2D eigenvalue weighted by Crippen LogP contribution is -2.36. The number of benzene rings is 2. The van der Waals surface area contributed by atoms with Crippen molar-refractivity contribution in [3.05, 3.63) is 77.5 Å². The van der Waals surface area contributed by atoms with Gasteiger partial charge in [0, 0.05) is 17.5 Å². The molecule has 0 spiro atoms. The van der Waals surface area contributed by atoms with Crippen LogP contribution >= 0.6 is 0 Å². The largest absolute Gasteiger partial charge is 0.388 e. The van der Waals surface area contributed by atoms with E-state index in [9.17, 15) is 18.7 Å². The van der Waals surface area contributed by atoms with Gasteiger partial charge in [0.1, 0.15) is 11.6 Å². The Hall–Kier alpha value is -2.53. The van der Waals surface area contributed by atoms with E-state index in [1.807, 2.05) is 0 Å². The van der Waals surface area contributed by atoms with Crippen LogP contribution < -0.4 is 4.90 Å². The Morgan fingerprint density at radius 3 is 2.09 bits per heavy atom. The molecule has 118 valence electrons. The molecule has 2 aromatic rings. The van der Waals surface area contributed by atoms with Crippen LogP contribution in [0.5, 0.6) is 0 Å². The maximum absolute atomic E-state index is 12.9. The summed E-state index contributed by atoms with van der Waals surface area (Å²) in [5.41, 5.74) is 1.84. The van der Waals surface area contributed by atoms with Crippen LogP contribution in [0.1, 0.15) is 24.5 Å². The van der Waals surface area contributed by atoms with Crippen molar-refractivity contribution in [3.8, 4) is 0 Å². The van der Waals surface area contributed by atoms with Crippen molar-refractivity contribution >= 4 is 11.6 Å². The third-order valence-electron chi connectivity index (χ3n) is 3.83. The van der Waals surface area contributed by atoms with Gasteiger partial charge >= 0.3 is 0 Å². The first kappa shape index (κ1) is 15.4. The average molecular weight is 315 g/mol. The van der Waals surface area contributed by atoms with Gasteiger partial charge in [0.2, 0.25) is 0 Å². The first-order valence-corrected chi connectivity index (χ1v) is 7.28. The van der Waals surface area contributed by atoms with E-state index in [-0.39, 0.29) is 17.5 Å². The quantitative estimate of drug-likeness (QED) is 0.914. The molecule has 1 unspecified atom stereocenters. The fraction of sp³-hybridized carbons (Fsp3) is 0.167. The van der Waals surface area contributed by atoms with E-state index in [0.717, 1.165) is 0 Å². The summed E-state index contributed by atoms with van der Waals surface area (Å²) in [6.45, 7) is 0. The lowest BCUT2D eigenvalue weighted by molar-refractivity contribution is -0.116. The number of aliphatic hydroxyl groups is 1. The summed E-state index contributed by atoms with van der Waals surface area (Å²) in [6.07, 6.45) is 1.74. The Kier molecular flexibility index (Phi) is 4.21. The molecule has 0 saturated heterocycles. The number of anilines is 1. The smallest absolute Gasteiger partial charge is 0.259 e. The highest BCUT2D eigenvalue weighted by Gasteiger charge is 2.28. The molecule has 0 saturated carbocycles. The standard InChI is InChI=1S/C18H15F2NO2/c19-14-4-1-12(2-5-14)17(22)10-3-13-11-21(18(13)23)16-8-6-15(20)7-9-16/h1-2,4-9,11,17,22H,3,10H2. The second-order valence-corrected chi connectivity index (χ2v) is 5.41. The van der Waals surface area contributed by atoms with Crippen LogP contribution in [0.25, 0.3) is 0 Å². The zero-order valence-corrected chi connectivity index (χ0v) is 12.2. The van der Waals surface area contributed by atoms with Gasteiger partial charge in [0.15, 0.2) is 0 Å². The summed E-state index contributed by atoms with van der Waals surface area (Å²) in [5, 5.41) is 10.1. The molecule has 2 aromatic carbocycles. The lowest BCUT2D eigenvalue weighted by Gasteiger charge is -2.29. The van der Waals surface area contributed by atoms with Gasteiger partial charge in [0.05, 0.1) is 6.10 Å². The van der Waals surface area contributed by atoms with Crippen molar-refractivity contribution in [1.29, 1.82) is 0 Å². The number of amides is 1. The summed E-state index contributed by atoms with van der Waals surface area (Å²) >= 11 is 0.